The van der Waals surface area contributed by atoms with Gasteiger partial charge in [0.1, 0.15) is 5.56 Å². The van der Waals surface area contributed by atoms with Gasteiger partial charge in [-0.3, -0.25) is 14.9 Å². The molecule has 2 heterocycles. The Morgan fingerprint density at radius 1 is 1.00 bits per heavy atom. The van der Waals surface area contributed by atoms with Crippen LogP contribution in [0.2, 0.25) is 0 Å². The molecule has 1 amide bonds. The van der Waals surface area contributed by atoms with Gasteiger partial charge in [0.25, 0.3) is 11.5 Å². The molecule has 144 valence electrons. The molecule has 0 fully saturated rings. The van der Waals surface area contributed by atoms with Crippen LogP contribution in [-0.4, -0.2) is 15.9 Å². The van der Waals surface area contributed by atoms with Crippen LogP contribution in [0, 0.1) is 0 Å². The summed E-state index contributed by atoms with van der Waals surface area (Å²) in [4.78, 5) is 32.2. The van der Waals surface area contributed by atoms with Crippen LogP contribution in [0.5, 0.6) is 0 Å². The molecule has 6 heteroatoms. The number of thiazole rings is 1. The van der Waals surface area contributed by atoms with Crippen LogP contribution in [0.15, 0.2) is 76.9 Å². The van der Waals surface area contributed by atoms with Crippen molar-refractivity contribution in [1.82, 2.24) is 9.97 Å². The third kappa shape index (κ3) is 4.17. The quantitative estimate of drug-likeness (QED) is 0.495. The molecule has 0 saturated carbocycles. The number of H-pyrrole nitrogens is 1. The smallest absolute Gasteiger partial charge is 0.263 e. The van der Waals surface area contributed by atoms with Crippen molar-refractivity contribution in [2.45, 2.75) is 13.3 Å². The van der Waals surface area contributed by atoms with Crippen molar-refractivity contribution < 1.29 is 4.79 Å². The fourth-order valence-corrected chi connectivity index (χ4v) is 3.69. The lowest BCUT2D eigenvalue weighted by atomic mass is 10.1. The number of nitrogens with one attached hydrogen (secondary N) is 2. The fraction of sp³-hybridized carbons (Fsp3) is 0.0870. The Morgan fingerprint density at radius 3 is 2.45 bits per heavy atom. The number of carbonyl (C=O) groups excluding carboxylic acids is 1. The van der Waals surface area contributed by atoms with E-state index in [1.807, 2.05) is 47.8 Å². The van der Waals surface area contributed by atoms with E-state index in [4.69, 9.17) is 0 Å². The molecule has 29 heavy (non-hydrogen) atoms. The summed E-state index contributed by atoms with van der Waals surface area (Å²) in [5.41, 5.74) is 4.21. The van der Waals surface area contributed by atoms with Gasteiger partial charge in [0.05, 0.1) is 5.69 Å². The number of rotatable bonds is 5. The van der Waals surface area contributed by atoms with Gasteiger partial charge in [0.2, 0.25) is 0 Å². The van der Waals surface area contributed by atoms with Crippen molar-refractivity contribution in [1.29, 1.82) is 0 Å². The van der Waals surface area contributed by atoms with Crippen molar-refractivity contribution in [2.75, 3.05) is 5.32 Å². The van der Waals surface area contributed by atoms with Crippen LogP contribution < -0.4 is 10.9 Å². The lowest BCUT2D eigenvalue weighted by Crippen LogP contribution is -2.23. The van der Waals surface area contributed by atoms with Gasteiger partial charge in [0, 0.05) is 16.6 Å². The molecule has 0 spiro atoms. The van der Waals surface area contributed by atoms with Gasteiger partial charge in [-0.15, -0.1) is 11.3 Å². The number of aromatic nitrogens is 2. The molecular weight excluding hydrogens is 382 g/mol. The van der Waals surface area contributed by atoms with E-state index in [0.717, 1.165) is 23.2 Å². The van der Waals surface area contributed by atoms with Gasteiger partial charge in [0.15, 0.2) is 5.13 Å². The first-order valence-corrected chi connectivity index (χ1v) is 10.2. The monoisotopic (exact) mass is 401 g/mol. The highest BCUT2D eigenvalue weighted by molar-refractivity contribution is 7.14. The third-order valence-corrected chi connectivity index (χ3v) is 5.38. The van der Waals surface area contributed by atoms with E-state index in [0.29, 0.717) is 10.8 Å². The summed E-state index contributed by atoms with van der Waals surface area (Å²) in [7, 11) is 0. The number of carbonyl (C=O) groups is 1. The average molecular weight is 401 g/mol. The zero-order valence-corrected chi connectivity index (χ0v) is 16.6. The molecule has 0 aliphatic heterocycles. The Hall–Kier alpha value is -3.51. The SMILES string of the molecule is CCc1ccc(-c2csc(NC(=O)c3ccc(-c4ccccc4)[nH]c3=O)n2)cc1. The van der Waals surface area contributed by atoms with Gasteiger partial charge in [-0.1, -0.05) is 61.5 Å². The Bertz CT molecular complexity index is 1190. The van der Waals surface area contributed by atoms with Crippen molar-refractivity contribution in [3.8, 4) is 22.5 Å². The maximum atomic E-state index is 12.5. The number of amides is 1. The van der Waals surface area contributed by atoms with Crippen LogP contribution in [0.1, 0.15) is 22.8 Å². The maximum Gasteiger partial charge on any atom is 0.263 e. The van der Waals surface area contributed by atoms with Crippen LogP contribution in [0.4, 0.5) is 5.13 Å². The van der Waals surface area contributed by atoms with E-state index in [-0.39, 0.29) is 5.56 Å². The van der Waals surface area contributed by atoms with Crippen molar-refractivity contribution in [3.63, 3.8) is 0 Å². The first kappa shape index (κ1) is 18.8. The summed E-state index contributed by atoms with van der Waals surface area (Å²) in [6.45, 7) is 2.11. The van der Waals surface area contributed by atoms with Crippen LogP contribution in [0.25, 0.3) is 22.5 Å². The summed E-state index contributed by atoms with van der Waals surface area (Å²) in [6.07, 6.45) is 0.982. The van der Waals surface area contributed by atoms with E-state index < -0.39 is 11.5 Å². The summed E-state index contributed by atoms with van der Waals surface area (Å²) in [5, 5.41) is 5.06. The number of aromatic amines is 1. The van der Waals surface area contributed by atoms with E-state index >= 15 is 0 Å². The van der Waals surface area contributed by atoms with Crippen LogP contribution in [-0.2, 0) is 6.42 Å². The average Bonchev–Trinajstić information content (AvgIpc) is 3.22. The molecule has 0 bridgehead atoms. The second-order valence-electron chi connectivity index (χ2n) is 6.52. The minimum Gasteiger partial charge on any atom is -0.321 e. The summed E-state index contributed by atoms with van der Waals surface area (Å²) < 4.78 is 0. The summed E-state index contributed by atoms with van der Waals surface area (Å²) in [6, 6.07) is 20.9. The molecule has 0 unspecified atom stereocenters. The Kier molecular flexibility index (Phi) is 5.35. The Labute approximate surface area is 172 Å². The zero-order valence-electron chi connectivity index (χ0n) is 15.8. The molecule has 2 aromatic carbocycles. The van der Waals surface area contributed by atoms with Gasteiger partial charge in [-0.05, 0) is 29.7 Å². The molecular formula is C23H19N3O2S. The lowest BCUT2D eigenvalue weighted by molar-refractivity contribution is 0.102. The molecule has 5 nitrogen and oxygen atoms in total. The largest absolute Gasteiger partial charge is 0.321 e. The maximum absolute atomic E-state index is 12.5. The standard InChI is InChI=1S/C23H19N3O2S/c1-2-15-8-10-17(11-9-15)20-14-29-23(25-20)26-22(28)18-12-13-19(24-21(18)27)16-6-4-3-5-7-16/h3-14H,2H2,1H3,(H,24,27)(H,25,26,28). The van der Waals surface area contributed by atoms with Gasteiger partial charge >= 0.3 is 0 Å². The van der Waals surface area contributed by atoms with Gasteiger partial charge in [-0.25, -0.2) is 4.98 Å². The summed E-state index contributed by atoms with van der Waals surface area (Å²) >= 11 is 1.33. The lowest BCUT2D eigenvalue weighted by Gasteiger charge is -2.04. The molecule has 4 aromatic rings. The Balaban J connectivity index is 1.51. The number of hydrogen-bond acceptors (Lipinski definition) is 4. The molecule has 0 atom stereocenters. The molecule has 0 radical (unpaired) electrons. The highest BCUT2D eigenvalue weighted by Crippen LogP contribution is 2.25. The number of benzene rings is 2. The highest BCUT2D eigenvalue weighted by atomic mass is 32.1. The van der Waals surface area contributed by atoms with Crippen LogP contribution in [0.3, 0.4) is 0 Å². The molecule has 2 aromatic heterocycles. The Morgan fingerprint density at radius 2 is 1.76 bits per heavy atom. The topological polar surface area (TPSA) is 74.8 Å². The number of nitrogens with zero attached hydrogens (tertiary/aromatic N) is 1. The van der Waals surface area contributed by atoms with E-state index in [9.17, 15) is 9.59 Å². The second-order valence-corrected chi connectivity index (χ2v) is 7.38. The van der Waals surface area contributed by atoms with Crippen molar-refractivity contribution in [2.24, 2.45) is 0 Å². The number of pyridine rings is 1. The minimum atomic E-state index is -0.479. The first-order valence-electron chi connectivity index (χ1n) is 9.29. The predicted molar refractivity (Wildman–Crippen MR) is 117 cm³/mol. The van der Waals surface area contributed by atoms with Gasteiger partial charge < -0.3 is 4.98 Å². The first-order chi connectivity index (χ1) is 14.1. The zero-order chi connectivity index (χ0) is 20.2. The van der Waals surface area contributed by atoms with Crippen LogP contribution >= 0.6 is 11.3 Å². The molecule has 4 rings (SSSR count). The highest BCUT2D eigenvalue weighted by Gasteiger charge is 2.14. The molecule has 0 aliphatic rings. The predicted octanol–water partition coefficient (Wildman–Crippen LogP) is 4.98. The van der Waals surface area contributed by atoms with Crippen molar-refractivity contribution >= 4 is 22.4 Å². The fourth-order valence-electron chi connectivity index (χ4n) is 2.98. The summed E-state index contributed by atoms with van der Waals surface area (Å²) in [5.74, 6) is -0.479. The van der Waals surface area contributed by atoms with E-state index in [1.165, 1.54) is 23.0 Å². The normalized spacial score (nSPS) is 10.7. The van der Waals surface area contributed by atoms with Crippen molar-refractivity contribution in [3.05, 3.63) is 93.6 Å². The molecule has 2 N–H and O–H groups in total. The molecule has 0 aliphatic carbocycles. The van der Waals surface area contributed by atoms with E-state index in [2.05, 4.69) is 34.3 Å². The number of anilines is 1. The number of aryl methyl sites for hydroxylation is 1. The third-order valence-electron chi connectivity index (χ3n) is 4.62. The van der Waals surface area contributed by atoms with E-state index in [1.54, 1.807) is 6.07 Å². The van der Waals surface area contributed by atoms with Gasteiger partial charge in [-0.2, -0.15) is 0 Å². The minimum absolute atomic E-state index is 0.0497. The number of hydrogen-bond donors (Lipinski definition) is 2. The molecule has 0 saturated heterocycles. The second kappa shape index (κ2) is 8.24.